The number of benzene rings is 1. The van der Waals surface area contributed by atoms with E-state index in [0.29, 0.717) is 0 Å². The monoisotopic (exact) mass is 322 g/mol. The highest BCUT2D eigenvalue weighted by Crippen LogP contribution is 2.25. The molecule has 1 saturated heterocycles. The number of nitrogens with zero attached hydrogens (tertiary/aromatic N) is 2. The van der Waals surface area contributed by atoms with Crippen molar-refractivity contribution in [3.63, 3.8) is 0 Å². The average molecular weight is 323 g/mol. The van der Waals surface area contributed by atoms with E-state index in [2.05, 4.69) is 32.6 Å². The summed E-state index contributed by atoms with van der Waals surface area (Å²) in [5.41, 5.74) is 2.79. The van der Waals surface area contributed by atoms with E-state index in [9.17, 15) is 0 Å². The van der Waals surface area contributed by atoms with E-state index in [1.165, 1.54) is 0 Å². The molecule has 1 unspecified atom stereocenters. The Bertz CT molecular complexity index is 507. The zero-order chi connectivity index (χ0) is 13.2. The molecule has 5 heteroatoms. The van der Waals surface area contributed by atoms with Crippen LogP contribution in [0.4, 0.5) is 0 Å². The van der Waals surface area contributed by atoms with Crippen LogP contribution >= 0.6 is 15.9 Å². The molecule has 1 aromatic rings. The van der Waals surface area contributed by atoms with Crippen LogP contribution in [0, 0.1) is 0 Å². The van der Waals surface area contributed by atoms with Crippen LogP contribution in [0.15, 0.2) is 46.0 Å². The normalized spacial score (nSPS) is 24.2. The maximum Gasteiger partial charge on any atom is 0.208 e. The fourth-order valence-electron chi connectivity index (χ4n) is 2.29. The Morgan fingerprint density at radius 1 is 1.21 bits per heavy atom. The first-order valence-electron chi connectivity index (χ1n) is 6.26. The molecule has 1 aromatic carbocycles. The SMILES string of the molecule is C=C1C(c2ccc(Br)cc2)=NOC1N1CCOCC1. The standard InChI is InChI=1S/C14H15BrN2O2/c1-10-13(11-2-4-12(15)5-3-11)16-19-14(10)17-6-8-18-9-7-17/h2-5,14H,1,6-9H2. The topological polar surface area (TPSA) is 34.1 Å². The molecule has 2 aliphatic rings. The molecule has 0 saturated carbocycles. The van der Waals surface area contributed by atoms with Crippen molar-refractivity contribution in [1.82, 2.24) is 4.90 Å². The molecule has 4 nitrogen and oxygen atoms in total. The van der Waals surface area contributed by atoms with Crippen molar-refractivity contribution in [3.05, 3.63) is 46.5 Å². The third-order valence-electron chi connectivity index (χ3n) is 3.34. The van der Waals surface area contributed by atoms with E-state index >= 15 is 0 Å². The summed E-state index contributed by atoms with van der Waals surface area (Å²) < 4.78 is 6.40. The first-order valence-corrected chi connectivity index (χ1v) is 7.06. The lowest BCUT2D eigenvalue weighted by Crippen LogP contribution is -2.44. The Labute approximate surface area is 120 Å². The van der Waals surface area contributed by atoms with Gasteiger partial charge in [-0.2, -0.15) is 0 Å². The molecular weight excluding hydrogens is 308 g/mol. The van der Waals surface area contributed by atoms with Gasteiger partial charge in [0.1, 0.15) is 5.71 Å². The predicted octanol–water partition coefficient (Wildman–Crippen LogP) is 2.40. The van der Waals surface area contributed by atoms with Crippen molar-refractivity contribution in [3.8, 4) is 0 Å². The first-order chi connectivity index (χ1) is 9.25. The molecule has 0 aromatic heterocycles. The largest absolute Gasteiger partial charge is 0.379 e. The Morgan fingerprint density at radius 2 is 1.89 bits per heavy atom. The summed E-state index contributed by atoms with van der Waals surface area (Å²) in [5.74, 6) is 0. The minimum Gasteiger partial charge on any atom is -0.379 e. The highest BCUT2D eigenvalue weighted by atomic mass is 79.9. The molecule has 0 amide bonds. The van der Waals surface area contributed by atoms with Crippen LogP contribution in [0.2, 0.25) is 0 Å². The molecular formula is C14H15BrN2O2. The number of oxime groups is 1. The van der Waals surface area contributed by atoms with Crippen LogP contribution in [0.25, 0.3) is 0 Å². The molecule has 19 heavy (non-hydrogen) atoms. The van der Waals surface area contributed by atoms with Gasteiger partial charge < -0.3 is 9.57 Å². The predicted molar refractivity (Wildman–Crippen MR) is 77.1 cm³/mol. The van der Waals surface area contributed by atoms with Crippen LogP contribution in [0.1, 0.15) is 5.56 Å². The summed E-state index contributed by atoms with van der Waals surface area (Å²) in [7, 11) is 0. The van der Waals surface area contributed by atoms with Crippen molar-refractivity contribution < 1.29 is 9.57 Å². The van der Waals surface area contributed by atoms with Gasteiger partial charge in [0.05, 0.1) is 13.2 Å². The molecule has 0 bridgehead atoms. The average Bonchev–Trinajstić information content (AvgIpc) is 2.83. The van der Waals surface area contributed by atoms with Crippen LogP contribution in [0.5, 0.6) is 0 Å². The summed E-state index contributed by atoms with van der Waals surface area (Å²) >= 11 is 3.43. The summed E-state index contributed by atoms with van der Waals surface area (Å²) in [4.78, 5) is 7.76. The molecule has 1 fully saturated rings. The highest BCUT2D eigenvalue weighted by molar-refractivity contribution is 9.10. The smallest absolute Gasteiger partial charge is 0.208 e. The Kier molecular flexibility index (Phi) is 3.68. The van der Waals surface area contributed by atoms with Crippen molar-refractivity contribution in [2.24, 2.45) is 5.16 Å². The second kappa shape index (κ2) is 5.45. The molecule has 0 radical (unpaired) electrons. The number of ether oxygens (including phenoxy) is 1. The number of hydrogen-bond acceptors (Lipinski definition) is 4. The molecule has 0 N–H and O–H groups in total. The second-order valence-electron chi connectivity index (χ2n) is 4.58. The molecule has 2 aliphatic heterocycles. The summed E-state index contributed by atoms with van der Waals surface area (Å²) in [6, 6.07) is 8.01. The van der Waals surface area contributed by atoms with Gasteiger partial charge in [-0.3, -0.25) is 4.90 Å². The Hall–Kier alpha value is -1.17. The fourth-order valence-corrected chi connectivity index (χ4v) is 2.55. The van der Waals surface area contributed by atoms with Crippen LogP contribution < -0.4 is 0 Å². The van der Waals surface area contributed by atoms with Gasteiger partial charge in [0, 0.05) is 28.7 Å². The first kappa shape index (κ1) is 12.8. The van der Waals surface area contributed by atoms with E-state index in [-0.39, 0.29) is 6.23 Å². The summed E-state index contributed by atoms with van der Waals surface area (Å²) in [6.45, 7) is 7.32. The van der Waals surface area contributed by atoms with Gasteiger partial charge in [-0.15, -0.1) is 0 Å². The highest BCUT2D eigenvalue weighted by Gasteiger charge is 2.32. The van der Waals surface area contributed by atoms with Crippen LogP contribution in [-0.4, -0.2) is 43.1 Å². The number of hydrogen-bond donors (Lipinski definition) is 0. The zero-order valence-electron chi connectivity index (χ0n) is 10.5. The maximum atomic E-state index is 5.55. The summed E-state index contributed by atoms with van der Waals surface area (Å²) in [6.07, 6.45) is -0.150. The molecule has 3 rings (SSSR count). The fraction of sp³-hybridized carbons (Fsp3) is 0.357. The lowest BCUT2D eigenvalue weighted by atomic mass is 10.0. The van der Waals surface area contributed by atoms with Crippen LogP contribution in [-0.2, 0) is 9.57 Å². The van der Waals surface area contributed by atoms with E-state index < -0.39 is 0 Å². The van der Waals surface area contributed by atoms with Crippen molar-refractivity contribution in [1.29, 1.82) is 0 Å². The number of rotatable bonds is 2. The maximum absolute atomic E-state index is 5.55. The minimum atomic E-state index is -0.150. The molecule has 0 spiro atoms. The molecule has 1 atom stereocenters. The quantitative estimate of drug-likeness (QED) is 0.838. The van der Waals surface area contributed by atoms with E-state index in [4.69, 9.17) is 9.57 Å². The molecule has 100 valence electrons. The molecule has 2 heterocycles. The number of halogens is 1. The van der Waals surface area contributed by atoms with Gasteiger partial charge in [0.2, 0.25) is 6.23 Å². The zero-order valence-corrected chi connectivity index (χ0v) is 12.1. The van der Waals surface area contributed by atoms with Gasteiger partial charge in [-0.05, 0) is 12.1 Å². The van der Waals surface area contributed by atoms with E-state index in [1.807, 2.05) is 24.3 Å². The van der Waals surface area contributed by atoms with Gasteiger partial charge >= 0.3 is 0 Å². The summed E-state index contributed by atoms with van der Waals surface area (Å²) in [5, 5.41) is 4.19. The van der Waals surface area contributed by atoms with Crippen LogP contribution in [0.3, 0.4) is 0 Å². The second-order valence-corrected chi connectivity index (χ2v) is 5.49. The Morgan fingerprint density at radius 3 is 2.58 bits per heavy atom. The minimum absolute atomic E-state index is 0.150. The third kappa shape index (κ3) is 2.59. The van der Waals surface area contributed by atoms with Crippen molar-refractivity contribution in [2.75, 3.05) is 26.3 Å². The van der Waals surface area contributed by atoms with Crippen molar-refractivity contribution >= 4 is 21.6 Å². The molecule has 0 aliphatic carbocycles. The van der Waals surface area contributed by atoms with Gasteiger partial charge in [-0.25, -0.2) is 0 Å². The third-order valence-corrected chi connectivity index (χ3v) is 3.87. The lowest BCUT2D eigenvalue weighted by Gasteiger charge is -2.30. The number of morpholine rings is 1. The van der Waals surface area contributed by atoms with Gasteiger partial charge in [-0.1, -0.05) is 39.8 Å². The Balaban J connectivity index is 1.75. The lowest BCUT2D eigenvalue weighted by molar-refractivity contribution is -0.0660. The van der Waals surface area contributed by atoms with Gasteiger partial charge in [0.15, 0.2) is 0 Å². The van der Waals surface area contributed by atoms with E-state index in [1.54, 1.807) is 0 Å². The van der Waals surface area contributed by atoms with Crippen molar-refractivity contribution in [2.45, 2.75) is 6.23 Å². The van der Waals surface area contributed by atoms with E-state index in [0.717, 1.165) is 47.6 Å². The van der Waals surface area contributed by atoms with Gasteiger partial charge in [0.25, 0.3) is 0 Å².